The van der Waals surface area contributed by atoms with Crippen LogP contribution < -0.4 is 15.8 Å². The summed E-state index contributed by atoms with van der Waals surface area (Å²) in [7, 11) is 0. The number of nitrogens with two attached hydrogens (primary N) is 1. The van der Waals surface area contributed by atoms with Crippen LogP contribution in [0.15, 0.2) is 30.6 Å². The van der Waals surface area contributed by atoms with Gasteiger partial charge in [0, 0.05) is 18.4 Å². The third kappa shape index (κ3) is 4.25. The zero-order valence-electron chi connectivity index (χ0n) is 15.4. The van der Waals surface area contributed by atoms with Crippen LogP contribution in [-0.4, -0.2) is 43.0 Å². The van der Waals surface area contributed by atoms with Crippen LogP contribution >= 0.6 is 0 Å². The molecule has 1 atom stereocenters. The number of rotatable bonds is 7. The summed E-state index contributed by atoms with van der Waals surface area (Å²) in [6.07, 6.45) is 10.0. The van der Waals surface area contributed by atoms with Crippen LogP contribution in [0.1, 0.15) is 42.4 Å². The van der Waals surface area contributed by atoms with Gasteiger partial charge >= 0.3 is 0 Å². The number of nitrogens with one attached hydrogen (secondary N) is 2. The molecule has 0 aromatic carbocycles. The number of fused-ring (bicyclic) bond motifs is 1. The summed E-state index contributed by atoms with van der Waals surface area (Å²) in [6.45, 7) is 1.92. The monoisotopic (exact) mass is 379 g/mol. The number of nitrogens with zero attached hydrogens (tertiary/aromatic N) is 4. The smallest absolute Gasteiger partial charge is 0.287 e. The second-order valence-corrected chi connectivity index (χ2v) is 6.78. The number of ether oxygens (including phenoxy) is 1. The van der Waals surface area contributed by atoms with Gasteiger partial charge in [-0.25, -0.2) is 15.0 Å². The Labute approximate surface area is 161 Å². The van der Waals surface area contributed by atoms with Gasteiger partial charge < -0.3 is 20.8 Å². The quantitative estimate of drug-likeness (QED) is 0.572. The lowest BCUT2D eigenvalue weighted by Gasteiger charge is -2.10. The second-order valence-electron chi connectivity index (χ2n) is 6.78. The van der Waals surface area contributed by atoms with Crippen LogP contribution in [0.2, 0.25) is 0 Å². The van der Waals surface area contributed by atoms with Crippen molar-refractivity contribution in [2.24, 2.45) is 0 Å². The molecule has 9 nitrogen and oxygen atoms in total. The average molecular weight is 379 g/mol. The highest BCUT2D eigenvalue weighted by Crippen LogP contribution is 2.28. The van der Waals surface area contributed by atoms with Crippen molar-refractivity contribution >= 4 is 29.1 Å². The maximum Gasteiger partial charge on any atom is 0.287 e. The minimum Gasteiger partial charge on any atom is -0.474 e. The van der Waals surface area contributed by atoms with Gasteiger partial charge in [-0.3, -0.25) is 4.79 Å². The molecule has 28 heavy (non-hydrogen) atoms. The first kappa shape index (κ1) is 17.9. The van der Waals surface area contributed by atoms with Gasteiger partial charge in [0.25, 0.3) is 5.91 Å². The van der Waals surface area contributed by atoms with Crippen LogP contribution in [0, 0.1) is 0 Å². The summed E-state index contributed by atoms with van der Waals surface area (Å²) in [6, 6.07) is 3.53. The zero-order chi connectivity index (χ0) is 19.5. The van der Waals surface area contributed by atoms with Gasteiger partial charge in [0.2, 0.25) is 11.8 Å². The van der Waals surface area contributed by atoms with Gasteiger partial charge in [-0.2, -0.15) is 4.98 Å². The predicted molar refractivity (Wildman–Crippen MR) is 105 cm³/mol. The van der Waals surface area contributed by atoms with E-state index in [0.29, 0.717) is 17.9 Å². The number of H-pyrrole nitrogens is 1. The molecule has 0 radical (unpaired) electrons. The third-order valence-electron chi connectivity index (χ3n) is 4.24. The molecule has 9 heteroatoms. The molecule has 3 aromatic heterocycles. The zero-order valence-corrected chi connectivity index (χ0v) is 15.4. The van der Waals surface area contributed by atoms with Crippen molar-refractivity contribution < 1.29 is 9.53 Å². The molecule has 1 saturated carbocycles. The first-order valence-corrected chi connectivity index (χ1v) is 9.16. The van der Waals surface area contributed by atoms with E-state index in [0.717, 1.165) is 23.9 Å². The molecule has 4 rings (SSSR count). The molecule has 4 N–H and O–H groups in total. The predicted octanol–water partition coefficient (Wildman–Crippen LogP) is 2.09. The largest absolute Gasteiger partial charge is 0.474 e. The molecule has 0 saturated heterocycles. The summed E-state index contributed by atoms with van der Waals surface area (Å²) in [5, 5.41) is 2.92. The van der Waals surface area contributed by atoms with Crippen LogP contribution in [0.4, 0.5) is 5.95 Å². The number of amides is 1. The SMILES string of the molecule is C[C@@H](C/C=C/c1cnc(N)nc1OC1CC1)NC(=O)c1nc2ncccc2[nH]1. The third-order valence-corrected chi connectivity index (χ3v) is 4.24. The Hall–Kier alpha value is -3.49. The number of nitrogen functional groups attached to an aromatic ring is 1. The summed E-state index contributed by atoms with van der Waals surface area (Å²) in [5.74, 6) is 0.663. The van der Waals surface area contributed by atoms with Crippen LogP contribution in [0.5, 0.6) is 5.88 Å². The van der Waals surface area contributed by atoms with Crippen molar-refractivity contribution in [2.45, 2.75) is 38.3 Å². The Morgan fingerprint density at radius 3 is 3.07 bits per heavy atom. The van der Waals surface area contributed by atoms with E-state index < -0.39 is 0 Å². The van der Waals surface area contributed by atoms with Gasteiger partial charge in [0.15, 0.2) is 11.5 Å². The molecular weight excluding hydrogens is 358 g/mol. The van der Waals surface area contributed by atoms with E-state index in [2.05, 4.69) is 30.2 Å². The highest BCUT2D eigenvalue weighted by Gasteiger charge is 2.25. The van der Waals surface area contributed by atoms with Crippen LogP contribution in [-0.2, 0) is 0 Å². The molecule has 3 heterocycles. The molecule has 0 bridgehead atoms. The van der Waals surface area contributed by atoms with Crippen molar-refractivity contribution in [3.63, 3.8) is 0 Å². The summed E-state index contributed by atoms with van der Waals surface area (Å²) >= 11 is 0. The summed E-state index contributed by atoms with van der Waals surface area (Å²) in [4.78, 5) is 31.8. The Morgan fingerprint density at radius 2 is 2.29 bits per heavy atom. The van der Waals surface area contributed by atoms with Crippen molar-refractivity contribution in [3.05, 3.63) is 42.0 Å². The number of aromatic nitrogens is 5. The molecule has 0 unspecified atom stereocenters. The molecule has 1 aliphatic carbocycles. The van der Waals surface area contributed by atoms with E-state index in [9.17, 15) is 4.79 Å². The Balaban J connectivity index is 1.36. The number of anilines is 1. The van der Waals surface area contributed by atoms with Crippen molar-refractivity contribution in [2.75, 3.05) is 5.73 Å². The number of pyridine rings is 1. The first-order valence-electron chi connectivity index (χ1n) is 9.16. The maximum absolute atomic E-state index is 12.4. The standard InChI is InChI=1S/C19H21N7O2/c1-11(23-17(27)16-24-14-6-3-9-21-15(14)25-16)4-2-5-12-10-22-19(20)26-18(12)28-13-7-8-13/h2-3,5-6,9-11,13H,4,7-8H2,1H3,(H,23,27)(H2,20,22,26)(H,21,24,25)/b5-2+/t11-/m0/s1. The van der Waals surface area contributed by atoms with E-state index in [4.69, 9.17) is 10.5 Å². The van der Waals surface area contributed by atoms with E-state index in [-0.39, 0.29) is 29.8 Å². The topological polar surface area (TPSA) is 132 Å². The number of carbonyl (C=O) groups excluding carboxylic acids is 1. The van der Waals surface area contributed by atoms with Gasteiger partial charge in [-0.05, 0) is 38.3 Å². The fraction of sp³-hybridized carbons (Fsp3) is 0.316. The van der Waals surface area contributed by atoms with Crippen molar-refractivity contribution in [1.82, 2.24) is 30.2 Å². The Morgan fingerprint density at radius 1 is 1.43 bits per heavy atom. The van der Waals surface area contributed by atoms with Crippen molar-refractivity contribution in [3.8, 4) is 5.88 Å². The normalized spacial score (nSPS) is 15.0. The first-order chi connectivity index (χ1) is 13.6. The van der Waals surface area contributed by atoms with E-state index in [1.807, 2.05) is 25.1 Å². The van der Waals surface area contributed by atoms with Gasteiger partial charge in [0.05, 0.1) is 11.1 Å². The van der Waals surface area contributed by atoms with Gasteiger partial charge in [-0.1, -0.05) is 12.2 Å². The number of carbonyl (C=O) groups is 1. The Kier molecular flexibility index (Phi) is 4.88. The lowest BCUT2D eigenvalue weighted by molar-refractivity contribution is 0.0931. The minimum absolute atomic E-state index is 0.0904. The number of hydrogen-bond donors (Lipinski definition) is 3. The fourth-order valence-corrected chi connectivity index (χ4v) is 2.64. The van der Waals surface area contributed by atoms with E-state index >= 15 is 0 Å². The fourth-order valence-electron chi connectivity index (χ4n) is 2.64. The lowest BCUT2D eigenvalue weighted by atomic mass is 10.2. The van der Waals surface area contributed by atoms with Gasteiger partial charge in [0.1, 0.15) is 6.10 Å². The highest BCUT2D eigenvalue weighted by atomic mass is 16.5. The molecular formula is C19H21N7O2. The second kappa shape index (κ2) is 7.63. The van der Waals surface area contributed by atoms with Crippen molar-refractivity contribution in [1.29, 1.82) is 0 Å². The summed E-state index contributed by atoms with van der Waals surface area (Å²) < 4.78 is 5.78. The molecule has 0 spiro atoms. The number of hydrogen-bond acceptors (Lipinski definition) is 7. The van der Waals surface area contributed by atoms with Crippen LogP contribution in [0.3, 0.4) is 0 Å². The summed E-state index contributed by atoms with van der Waals surface area (Å²) in [5.41, 5.74) is 7.67. The molecule has 3 aromatic rings. The van der Waals surface area contributed by atoms with Gasteiger partial charge in [-0.15, -0.1) is 0 Å². The Bertz CT molecular complexity index is 993. The van der Waals surface area contributed by atoms with E-state index in [1.54, 1.807) is 18.5 Å². The lowest BCUT2D eigenvalue weighted by Crippen LogP contribution is -2.32. The molecule has 1 aliphatic rings. The molecule has 0 aliphatic heterocycles. The molecule has 1 fully saturated rings. The molecule has 144 valence electrons. The highest BCUT2D eigenvalue weighted by molar-refractivity contribution is 5.93. The van der Waals surface area contributed by atoms with Crippen LogP contribution in [0.25, 0.3) is 17.2 Å². The number of aromatic amines is 1. The number of imidazole rings is 1. The molecule has 1 amide bonds. The average Bonchev–Trinajstić information content (AvgIpc) is 3.37. The maximum atomic E-state index is 12.4. The minimum atomic E-state index is -0.271. The van der Waals surface area contributed by atoms with E-state index in [1.165, 1.54) is 0 Å².